The Bertz CT molecular complexity index is 801. The molecular weight excluding hydrogens is 374 g/mol. The van der Waals surface area contributed by atoms with E-state index in [1.807, 2.05) is 4.90 Å². The molecule has 0 unspecified atom stereocenters. The van der Waals surface area contributed by atoms with Crippen LogP contribution in [0, 0.1) is 10.1 Å². The summed E-state index contributed by atoms with van der Waals surface area (Å²) in [7, 11) is -3.48. The lowest BCUT2D eigenvalue weighted by atomic mass is 10.1. The Morgan fingerprint density at radius 1 is 1.22 bits per heavy atom. The van der Waals surface area contributed by atoms with E-state index in [0.717, 1.165) is 0 Å². The van der Waals surface area contributed by atoms with Gasteiger partial charge in [-0.15, -0.1) is 0 Å². The summed E-state index contributed by atoms with van der Waals surface area (Å²) >= 11 is 0. The second kappa shape index (κ2) is 8.74. The summed E-state index contributed by atoms with van der Waals surface area (Å²) in [4.78, 5) is 24.0. The van der Waals surface area contributed by atoms with Gasteiger partial charge in [0.2, 0.25) is 5.91 Å². The third-order valence-corrected chi connectivity index (χ3v) is 6.84. The van der Waals surface area contributed by atoms with Crippen LogP contribution in [0.25, 0.3) is 0 Å². The first-order valence-electron chi connectivity index (χ1n) is 8.75. The number of nitro benzene ring substituents is 1. The highest BCUT2D eigenvalue weighted by Crippen LogP contribution is 2.23. The van der Waals surface area contributed by atoms with Crippen LogP contribution in [-0.4, -0.2) is 72.0 Å². The van der Waals surface area contributed by atoms with E-state index in [4.69, 9.17) is 5.73 Å². The molecule has 0 saturated carbocycles. The van der Waals surface area contributed by atoms with Crippen LogP contribution < -0.4 is 5.73 Å². The number of hydrogen-bond acceptors (Lipinski definition) is 6. The van der Waals surface area contributed by atoms with Crippen molar-refractivity contribution < 1.29 is 18.1 Å². The molecule has 0 radical (unpaired) electrons. The molecule has 0 aromatic heterocycles. The zero-order valence-electron chi connectivity index (χ0n) is 15.5. The molecule has 1 aromatic carbocycles. The van der Waals surface area contributed by atoms with E-state index in [9.17, 15) is 23.3 Å². The van der Waals surface area contributed by atoms with Crippen molar-refractivity contribution in [3.63, 3.8) is 0 Å². The van der Waals surface area contributed by atoms with Crippen molar-refractivity contribution in [3.05, 3.63) is 39.4 Å². The molecule has 2 rings (SSSR count). The van der Waals surface area contributed by atoms with Gasteiger partial charge in [0.1, 0.15) is 0 Å². The van der Waals surface area contributed by atoms with E-state index in [1.165, 1.54) is 26.8 Å². The van der Waals surface area contributed by atoms with Gasteiger partial charge in [-0.25, -0.2) is 0 Å². The van der Waals surface area contributed by atoms with Crippen LogP contribution >= 0.6 is 0 Å². The summed E-state index contributed by atoms with van der Waals surface area (Å²) in [5.41, 5.74) is 5.57. The SMILES string of the molecule is CCN(CC)S(=O)(=O)N1CCN(Cc2ccc(C(N)=O)cc2[N+](=O)[O-])CC1. The number of carbonyl (C=O) groups is 1. The minimum atomic E-state index is -3.48. The largest absolute Gasteiger partial charge is 0.366 e. The summed E-state index contributed by atoms with van der Waals surface area (Å²) in [5.74, 6) is -0.722. The van der Waals surface area contributed by atoms with Crippen molar-refractivity contribution in [2.24, 2.45) is 5.73 Å². The topological polar surface area (TPSA) is 130 Å². The van der Waals surface area contributed by atoms with E-state index >= 15 is 0 Å². The van der Waals surface area contributed by atoms with E-state index in [-0.39, 0.29) is 11.3 Å². The Morgan fingerprint density at radius 2 is 1.81 bits per heavy atom. The lowest BCUT2D eigenvalue weighted by molar-refractivity contribution is -0.385. The molecular formula is C16H25N5O5S. The van der Waals surface area contributed by atoms with Crippen LogP contribution in [0.4, 0.5) is 5.69 Å². The lowest BCUT2D eigenvalue weighted by Gasteiger charge is -2.36. The Balaban J connectivity index is 2.08. The number of primary amides is 1. The van der Waals surface area contributed by atoms with Gasteiger partial charge in [-0.1, -0.05) is 19.9 Å². The fraction of sp³-hybridized carbons (Fsp3) is 0.562. The van der Waals surface area contributed by atoms with Crippen molar-refractivity contribution >= 4 is 21.8 Å². The van der Waals surface area contributed by atoms with E-state index in [0.29, 0.717) is 51.4 Å². The smallest absolute Gasteiger partial charge is 0.282 e. The highest BCUT2D eigenvalue weighted by Gasteiger charge is 2.31. The van der Waals surface area contributed by atoms with Gasteiger partial charge in [-0.3, -0.25) is 19.8 Å². The van der Waals surface area contributed by atoms with Gasteiger partial charge in [-0.2, -0.15) is 17.0 Å². The fourth-order valence-electron chi connectivity index (χ4n) is 3.09. The Kier molecular flexibility index (Phi) is 6.87. The molecule has 27 heavy (non-hydrogen) atoms. The van der Waals surface area contributed by atoms with Crippen LogP contribution in [0.15, 0.2) is 18.2 Å². The van der Waals surface area contributed by atoms with E-state index in [1.54, 1.807) is 13.8 Å². The number of nitro groups is 1. The van der Waals surface area contributed by atoms with Gasteiger partial charge in [0, 0.05) is 63.0 Å². The van der Waals surface area contributed by atoms with Gasteiger partial charge in [-0.05, 0) is 6.07 Å². The molecule has 0 aliphatic carbocycles. The standard InChI is InChI=1S/C16H25N5O5S/c1-3-19(4-2)27(25,26)20-9-7-18(8-10-20)12-14-6-5-13(16(17)22)11-15(14)21(23)24/h5-6,11H,3-4,7-10,12H2,1-2H3,(H2,17,22). The maximum Gasteiger partial charge on any atom is 0.282 e. The summed E-state index contributed by atoms with van der Waals surface area (Å²) in [6.45, 7) is 6.31. The predicted molar refractivity (Wildman–Crippen MR) is 100 cm³/mol. The number of hydrogen-bond donors (Lipinski definition) is 1. The first kappa shape index (κ1) is 21.2. The van der Waals surface area contributed by atoms with Crippen LogP contribution in [0.5, 0.6) is 0 Å². The molecule has 0 bridgehead atoms. The summed E-state index contributed by atoms with van der Waals surface area (Å²) in [5, 5.41) is 11.3. The molecule has 1 saturated heterocycles. The van der Waals surface area contributed by atoms with Crippen molar-refractivity contribution in [1.82, 2.24) is 13.5 Å². The average Bonchev–Trinajstić information content (AvgIpc) is 2.63. The van der Waals surface area contributed by atoms with Gasteiger partial charge in [0.25, 0.3) is 15.9 Å². The summed E-state index contributed by atoms with van der Waals surface area (Å²) in [6.07, 6.45) is 0. The second-order valence-electron chi connectivity index (χ2n) is 6.23. The molecule has 1 aromatic rings. The zero-order chi connectivity index (χ0) is 20.2. The van der Waals surface area contributed by atoms with Crippen molar-refractivity contribution in [2.45, 2.75) is 20.4 Å². The lowest BCUT2D eigenvalue weighted by Crippen LogP contribution is -2.52. The van der Waals surface area contributed by atoms with Gasteiger partial charge in [0.15, 0.2) is 0 Å². The molecule has 0 spiro atoms. The van der Waals surface area contributed by atoms with Crippen LogP contribution in [0.3, 0.4) is 0 Å². The van der Waals surface area contributed by atoms with Crippen molar-refractivity contribution in [3.8, 4) is 0 Å². The molecule has 1 amide bonds. The number of rotatable bonds is 8. The number of amides is 1. The molecule has 1 heterocycles. The normalized spacial score (nSPS) is 16.6. The monoisotopic (exact) mass is 399 g/mol. The quantitative estimate of drug-likeness (QED) is 0.497. The first-order chi connectivity index (χ1) is 12.7. The molecule has 1 fully saturated rings. The molecule has 150 valence electrons. The Labute approximate surface area is 158 Å². The van der Waals surface area contributed by atoms with Crippen LogP contribution in [-0.2, 0) is 16.8 Å². The number of carbonyl (C=O) groups excluding carboxylic acids is 1. The summed E-state index contributed by atoms with van der Waals surface area (Å²) < 4.78 is 28.0. The number of benzene rings is 1. The van der Waals surface area contributed by atoms with E-state index in [2.05, 4.69) is 0 Å². The van der Waals surface area contributed by atoms with Gasteiger partial charge >= 0.3 is 0 Å². The highest BCUT2D eigenvalue weighted by atomic mass is 32.2. The minimum absolute atomic E-state index is 0.0839. The molecule has 11 heteroatoms. The second-order valence-corrected chi connectivity index (χ2v) is 8.16. The molecule has 1 aliphatic heterocycles. The predicted octanol–water partition coefficient (Wildman–Crippen LogP) is 0.398. The van der Waals surface area contributed by atoms with Gasteiger partial charge < -0.3 is 5.73 Å². The van der Waals surface area contributed by atoms with Crippen LogP contribution in [0.1, 0.15) is 29.8 Å². The Morgan fingerprint density at radius 3 is 2.30 bits per heavy atom. The maximum atomic E-state index is 12.6. The number of piperazine rings is 1. The fourth-order valence-corrected chi connectivity index (χ4v) is 4.70. The van der Waals surface area contributed by atoms with Gasteiger partial charge in [0.05, 0.1) is 4.92 Å². The molecule has 2 N–H and O–H groups in total. The average molecular weight is 399 g/mol. The highest BCUT2D eigenvalue weighted by molar-refractivity contribution is 7.86. The van der Waals surface area contributed by atoms with Crippen molar-refractivity contribution in [1.29, 1.82) is 0 Å². The first-order valence-corrected chi connectivity index (χ1v) is 10.1. The summed E-state index contributed by atoms with van der Waals surface area (Å²) in [6, 6.07) is 4.17. The number of nitrogens with two attached hydrogens (primary N) is 1. The van der Waals surface area contributed by atoms with E-state index < -0.39 is 21.0 Å². The molecule has 1 aliphatic rings. The maximum absolute atomic E-state index is 12.6. The van der Waals surface area contributed by atoms with Crippen LogP contribution in [0.2, 0.25) is 0 Å². The van der Waals surface area contributed by atoms with Crippen molar-refractivity contribution in [2.75, 3.05) is 39.3 Å². The molecule has 0 atom stereocenters. The zero-order valence-corrected chi connectivity index (χ0v) is 16.3. The third-order valence-electron chi connectivity index (χ3n) is 4.65. The molecule has 10 nitrogen and oxygen atoms in total. The third kappa shape index (κ3) is 4.80. The minimum Gasteiger partial charge on any atom is -0.366 e. The number of nitrogens with zero attached hydrogens (tertiary/aromatic N) is 4. The Hall–Kier alpha value is -2.08.